The molecule has 1 amide bonds. The molecule has 3 rings (SSSR count). The SMILES string of the molecule is CN(CC(=O)N1CCCC(O)(CN2CCCC2)C1)Cc1cccnc1. The number of nitrogens with zero attached hydrogens (tertiary/aromatic N) is 4. The second-order valence-electron chi connectivity index (χ2n) is 7.66. The summed E-state index contributed by atoms with van der Waals surface area (Å²) < 4.78 is 0. The van der Waals surface area contributed by atoms with Crippen molar-refractivity contribution in [3.05, 3.63) is 30.1 Å². The van der Waals surface area contributed by atoms with E-state index >= 15 is 0 Å². The van der Waals surface area contributed by atoms with Gasteiger partial charge in [-0.2, -0.15) is 0 Å². The Morgan fingerprint density at radius 3 is 2.84 bits per heavy atom. The van der Waals surface area contributed by atoms with Gasteiger partial charge in [0, 0.05) is 32.0 Å². The van der Waals surface area contributed by atoms with Crippen LogP contribution >= 0.6 is 0 Å². The molecule has 1 atom stereocenters. The van der Waals surface area contributed by atoms with Crippen LogP contribution < -0.4 is 0 Å². The van der Waals surface area contributed by atoms with Crippen LogP contribution in [0.2, 0.25) is 0 Å². The molecule has 2 aliphatic rings. The van der Waals surface area contributed by atoms with Crippen LogP contribution in [0.1, 0.15) is 31.2 Å². The van der Waals surface area contributed by atoms with Crippen LogP contribution in [0.15, 0.2) is 24.5 Å². The van der Waals surface area contributed by atoms with Crippen molar-refractivity contribution in [1.29, 1.82) is 0 Å². The molecule has 2 saturated heterocycles. The number of β-amino-alcohol motifs (C(OH)–C–C–N with tert-alkyl or cyclic N) is 1. The first kappa shape index (κ1) is 18.3. The zero-order valence-corrected chi connectivity index (χ0v) is 15.2. The van der Waals surface area contributed by atoms with E-state index in [-0.39, 0.29) is 5.91 Å². The molecule has 1 aromatic rings. The summed E-state index contributed by atoms with van der Waals surface area (Å²) >= 11 is 0. The molecule has 0 aromatic carbocycles. The van der Waals surface area contributed by atoms with Gasteiger partial charge in [-0.15, -0.1) is 0 Å². The standard InChI is InChI=1S/C19H30N4O2/c1-21(13-17-6-4-8-20-12-17)14-18(24)23-11-5-7-19(25,16-23)15-22-9-2-3-10-22/h4,6,8,12,25H,2-3,5,7,9-11,13-16H2,1H3. The average Bonchev–Trinajstić information content (AvgIpc) is 3.08. The lowest BCUT2D eigenvalue weighted by molar-refractivity contribution is -0.140. The van der Waals surface area contributed by atoms with Gasteiger partial charge in [-0.05, 0) is 57.5 Å². The highest BCUT2D eigenvalue weighted by molar-refractivity contribution is 5.78. The quantitative estimate of drug-likeness (QED) is 0.831. The molecule has 0 saturated carbocycles. The van der Waals surface area contributed by atoms with Crippen LogP contribution in [0, 0.1) is 0 Å². The fraction of sp³-hybridized carbons (Fsp3) is 0.684. The molecule has 2 aliphatic heterocycles. The number of likely N-dealkylation sites (N-methyl/N-ethyl adjacent to an activating group) is 1. The molecule has 1 unspecified atom stereocenters. The van der Waals surface area contributed by atoms with Crippen molar-refractivity contribution in [3.8, 4) is 0 Å². The van der Waals surface area contributed by atoms with E-state index in [2.05, 4.69) is 9.88 Å². The minimum absolute atomic E-state index is 0.103. The molecule has 6 nitrogen and oxygen atoms in total. The first-order valence-corrected chi connectivity index (χ1v) is 9.34. The lowest BCUT2D eigenvalue weighted by Crippen LogP contribution is -2.56. The van der Waals surface area contributed by atoms with E-state index in [4.69, 9.17) is 0 Å². The van der Waals surface area contributed by atoms with Gasteiger partial charge in [-0.3, -0.25) is 14.7 Å². The smallest absolute Gasteiger partial charge is 0.236 e. The fourth-order valence-corrected chi connectivity index (χ4v) is 4.00. The summed E-state index contributed by atoms with van der Waals surface area (Å²) in [6.45, 7) is 5.13. The van der Waals surface area contributed by atoms with Gasteiger partial charge in [-0.1, -0.05) is 6.07 Å². The Balaban J connectivity index is 1.50. The number of aromatic nitrogens is 1. The summed E-state index contributed by atoms with van der Waals surface area (Å²) in [5.41, 5.74) is 0.349. The average molecular weight is 346 g/mol. The van der Waals surface area contributed by atoms with Crippen LogP contribution in [0.3, 0.4) is 0 Å². The van der Waals surface area contributed by atoms with Crippen molar-refractivity contribution in [2.24, 2.45) is 0 Å². The Labute approximate surface area is 150 Å². The van der Waals surface area contributed by atoms with E-state index in [1.165, 1.54) is 12.8 Å². The lowest BCUT2D eigenvalue weighted by atomic mass is 9.92. The fourth-order valence-electron chi connectivity index (χ4n) is 4.00. The molecule has 138 valence electrons. The van der Waals surface area contributed by atoms with E-state index in [0.29, 0.717) is 26.2 Å². The molecule has 1 N–H and O–H groups in total. The predicted molar refractivity (Wildman–Crippen MR) is 97.0 cm³/mol. The highest BCUT2D eigenvalue weighted by Gasteiger charge is 2.37. The summed E-state index contributed by atoms with van der Waals surface area (Å²) in [5, 5.41) is 11.0. The first-order valence-electron chi connectivity index (χ1n) is 9.34. The van der Waals surface area contributed by atoms with Crippen molar-refractivity contribution in [2.75, 3.05) is 46.3 Å². The Morgan fingerprint density at radius 1 is 1.32 bits per heavy atom. The van der Waals surface area contributed by atoms with Crippen LogP contribution in [-0.4, -0.2) is 82.6 Å². The van der Waals surface area contributed by atoms with Crippen LogP contribution in [-0.2, 0) is 11.3 Å². The summed E-state index contributed by atoms with van der Waals surface area (Å²) in [5.74, 6) is 0.103. The van der Waals surface area contributed by atoms with Gasteiger partial charge in [-0.25, -0.2) is 0 Å². The van der Waals surface area contributed by atoms with Gasteiger partial charge in [0.15, 0.2) is 0 Å². The summed E-state index contributed by atoms with van der Waals surface area (Å²) in [6.07, 6.45) is 7.69. The first-order chi connectivity index (χ1) is 12.0. The lowest BCUT2D eigenvalue weighted by Gasteiger charge is -2.41. The Morgan fingerprint density at radius 2 is 2.12 bits per heavy atom. The van der Waals surface area contributed by atoms with Crippen LogP contribution in [0.25, 0.3) is 0 Å². The number of hydrogen-bond acceptors (Lipinski definition) is 5. The normalized spacial score (nSPS) is 24.8. The zero-order valence-electron chi connectivity index (χ0n) is 15.2. The maximum atomic E-state index is 12.7. The Kier molecular flexibility index (Phi) is 6.04. The molecule has 1 aromatic heterocycles. The van der Waals surface area contributed by atoms with Gasteiger partial charge >= 0.3 is 0 Å². The molecular formula is C19H30N4O2. The number of likely N-dealkylation sites (tertiary alicyclic amines) is 2. The van der Waals surface area contributed by atoms with E-state index in [9.17, 15) is 9.90 Å². The van der Waals surface area contributed by atoms with Crippen molar-refractivity contribution >= 4 is 5.91 Å². The molecule has 25 heavy (non-hydrogen) atoms. The van der Waals surface area contributed by atoms with E-state index in [1.807, 2.05) is 35.2 Å². The monoisotopic (exact) mass is 346 g/mol. The van der Waals surface area contributed by atoms with E-state index in [0.717, 1.165) is 38.0 Å². The summed E-state index contributed by atoms with van der Waals surface area (Å²) in [4.78, 5) is 23.0. The number of carbonyl (C=O) groups excluding carboxylic acids is 1. The Bertz CT molecular complexity index is 562. The summed E-state index contributed by atoms with van der Waals surface area (Å²) in [6, 6.07) is 3.93. The third kappa shape index (κ3) is 5.23. The van der Waals surface area contributed by atoms with Gasteiger partial charge in [0.1, 0.15) is 0 Å². The third-order valence-corrected chi connectivity index (χ3v) is 5.21. The summed E-state index contributed by atoms with van der Waals surface area (Å²) in [7, 11) is 1.95. The molecule has 0 spiro atoms. The molecule has 0 aliphatic carbocycles. The van der Waals surface area contributed by atoms with Crippen LogP contribution in [0.5, 0.6) is 0 Å². The molecular weight excluding hydrogens is 316 g/mol. The van der Waals surface area contributed by atoms with Gasteiger partial charge in [0.2, 0.25) is 5.91 Å². The Hall–Kier alpha value is -1.50. The molecule has 6 heteroatoms. The van der Waals surface area contributed by atoms with Gasteiger partial charge < -0.3 is 14.9 Å². The number of carbonyl (C=O) groups is 1. The minimum atomic E-state index is -0.750. The number of hydrogen-bond donors (Lipinski definition) is 1. The molecule has 3 heterocycles. The predicted octanol–water partition coefficient (Wildman–Crippen LogP) is 0.963. The largest absolute Gasteiger partial charge is 0.387 e. The van der Waals surface area contributed by atoms with E-state index < -0.39 is 5.60 Å². The number of pyridine rings is 1. The number of piperidine rings is 1. The third-order valence-electron chi connectivity index (χ3n) is 5.21. The molecule has 2 fully saturated rings. The van der Waals surface area contributed by atoms with Gasteiger partial charge in [0.25, 0.3) is 0 Å². The van der Waals surface area contributed by atoms with Crippen molar-refractivity contribution in [2.45, 2.75) is 37.8 Å². The minimum Gasteiger partial charge on any atom is -0.387 e. The zero-order chi connectivity index (χ0) is 17.7. The molecule has 0 bridgehead atoms. The maximum Gasteiger partial charge on any atom is 0.236 e. The van der Waals surface area contributed by atoms with Crippen LogP contribution in [0.4, 0.5) is 0 Å². The van der Waals surface area contributed by atoms with Crippen molar-refractivity contribution in [3.63, 3.8) is 0 Å². The number of rotatable bonds is 6. The highest BCUT2D eigenvalue weighted by Crippen LogP contribution is 2.24. The second-order valence-corrected chi connectivity index (χ2v) is 7.66. The number of amides is 1. The van der Waals surface area contributed by atoms with E-state index in [1.54, 1.807) is 6.20 Å². The topological polar surface area (TPSA) is 59.9 Å². The van der Waals surface area contributed by atoms with Gasteiger partial charge in [0.05, 0.1) is 18.7 Å². The van der Waals surface area contributed by atoms with Crippen molar-refractivity contribution < 1.29 is 9.90 Å². The van der Waals surface area contributed by atoms with Crippen molar-refractivity contribution in [1.82, 2.24) is 19.7 Å². The number of aliphatic hydroxyl groups is 1. The highest BCUT2D eigenvalue weighted by atomic mass is 16.3. The second kappa shape index (κ2) is 8.25. The maximum absolute atomic E-state index is 12.7. The molecule has 0 radical (unpaired) electrons.